The van der Waals surface area contributed by atoms with Gasteiger partial charge in [0.05, 0.1) is 17.2 Å². The lowest BCUT2D eigenvalue weighted by Gasteiger charge is -2.24. The molecule has 2 aromatic rings. The lowest BCUT2D eigenvalue weighted by molar-refractivity contribution is 0.0697. The van der Waals surface area contributed by atoms with Crippen LogP contribution in [0.3, 0.4) is 0 Å². The maximum Gasteiger partial charge on any atom is 0.335 e. The average molecular weight is 291 g/mol. The maximum absolute atomic E-state index is 11.2. The number of hydrogen-bond donors (Lipinski definition) is 1. The predicted octanol–water partition coefficient (Wildman–Crippen LogP) is 3.47. The topological polar surface area (TPSA) is 70.3 Å². The molecule has 1 unspecified atom stereocenters. The Balaban J connectivity index is 2.13. The van der Waals surface area contributed by atoms with Crippen LogP contribution in [0.15, 0.2) is 48.5 Å². The van der Waals surface area contributed by atoms with Crippen molar-refractivity contribution in [2.24, 2.45) is 0 Å². The lowest BCUT2D eigenvalue weighted by Crippen LogP contribution is -2.16. The molecular formula is C18H13NO3. The molecule has 4 nitrogen and oxygen atoms in total. The van der Waals surface area contributed by atoms with Crippen LogP contribution in [-0.2, 0) is 0 Å². The molecule has 1 aliphatic heterocycles. The second-order valence-corrected chi connectivity index (χ2v) is 5.11. The highest BCUT2D eigenvalue weighted by Gasteiger charge is 2.20. The highest BCUT2D eigenvalue weighted by Crippen LogP contribution is 2.36. The maximum atomic E-state index is 11.2. The summed E-state index contributed by atoms with van der Waals surface area (Å²) >= 11 is 0. The van der Waals surface area contributed by atoms with Gasteiger partial charge in [-0.1, -0.05) is 12.1 Å². The summed E-state index contributed by atoms with van der Waals surface area (Å²) in [5.74, 6) is -0.306. The van der Waals surface area contributed by atoms with Crippen LogP contribution in [0.2, 0.25) is 0 Å². The van der Waals surface area contributed by atoms with Crippen LogP contribution in [-0.4, -0.2) is 17.2 Å². The Morgan fingerprint density at radius 2 is 1.95 bits per heavy atom. The fourth-order valence-corrected chi connectivity index (χ4v) is 2.51. The molecule has 1 heterocycles. The van der Waals surface area contributed by atoms with Gasteiger partial charge in [-0.15, -0.1) is 0 Å². The molecule has 1 aliphatic rings. The minimum atomic E-state index is -0.972. The highest BCUT2D eigenvalue weighted by molar-refractivity contribution is 5.92. The van der Waals surface area contributed by atoms with E-state index < -0.39 is 5.97 Å². The highest BCUT2D eigenvalue weighted by atomic mass is 16.5. The molecule has 1 atom stereocenters. The van der Waals surface area contributed by atoms with E-state index in [4.69, 9.17) is 15.1 Å². The monoisotopic (exact) mass is 291 g/mol. The zero-order chi connectivity index (χ0) is 15.7. The fourth-order valence-electron chi connectivity index (χ4n) is 2.51. The zero-order valence-corrected chi connectivity index (χ0v) is 11.9. The number of carboxylic acid groups (broad SMARTS) is 1. The number of aromatic carboxylic acids is 1. The van der Waals surface area contributed by atoms with E-state index in [1.807, 2.05) is 25.1 Å². The number of carboxylic acids is 1. The average Bonchev–Trinajstić information content (AvgIpc) is 2.53. The number of carbonyl (C=O) groups is 1. The van der Waals surface area contributed by atoms with E-state index in [0.717, 1.165) is 16.7 Å². The Bertz CT molecular complexity index is 813. The van der Waals surface area contributed by atoms with Gasteiger partial charge in [0.15, 0.2) is 0 Å². The van der Waals surface area contributed by atoms with Crippen molar-refractivity contribution in [2.75, 3.05) is 0 Å². The molecule has 0 aromatic heterocycles. The fraction of sp³-hybridized carbons (Fsp3) is 0.111. The van der Waals surface area contributed by atoms with Crippen LogP contribution in [0.4, 0.5) is 0 Å². The van der Waals surface area contributed by atoms with Crippen LogP contribution in [0.5, 0.6) is 5.75 Å². The summed E-state index contributed by atoms with van der Waals surface area (Å²) < 4.78 is 5.74. The van der Waals surface area contributed by atoms with Gasteiger partial charge in [-0.3, -0.25) is 0 Å². The molecule has 0 fully saturated rings. The van der Waals surface area contributed by atoms with E-state index >= 15 is 0 Å². The third-order valence-corrected chi connectivity index (χ3v) is 3.56. The quantitative estimate of drug-likeness (QED) is 0.919. The van der Waals surface area contributed by atoms with Crippen LogP contribution in [0.1, 0.15) is 34.0 Å². The predicted molar refractivity (Wildman–Crippen MR) is 81.7 cm³/mol. The Labute approximate surface area is 127 Å². The van der Waals surface area contributed by atoms with Crippen molar-refractivity contribution in [3.05, 3.63) is 70.8 Å². The minimum Gasteiger partial charge on any atom is -0.486 e. The number of hydrogen-bond acceptors (Lipinski definition) is 3. The van der Waals surface area contributed by atoms with Gasteiger partial charge in [0.2, 0.25) is 0 Å². The molecule has 0 aliphatic carbocycles. The van der Waals surface area contributed by atoms with Crippen molar-refractivity contribution < 1.29 is 14.6 Å². The summed E-state index contributed by atoms with van der Waals surface area (Å²) in [6, 6.07) is 14.1. The van der Waals surface area contributed by atoms with Crippen molar-refractivity contribution in [1.29, 1.82) is 5.26 Å². The third-order valence-electron chi connectivity index (χ3n) is 3.56. The molecule has 108 valence electrons. The first-order valence-electron chi connectivity index (χ1n) is 6.85. The largest absolute Gasteiger partial charge is 0.486 e. The normalized spacial score (nSPS) is 16.0. The lowest BCUT2D eigenvalue weighted by atomic mass is 9.92. The van der Waals surface area contributed by atoms with Gasteiger partial charge in [0, 0.05) is 5.56 Å². The smallest absolute Gasteiger partial charge is 0.335 e. The number of nitrogens with zero attached hydrogens (tertiary/aromatic N) is 1. The molecule has 1 N–H and O–H groups in total. The van der Waals surface area contributed by atoms with Crippen molar-refractivity contribution in [1.82, 2.24) is 0 Å². The SMILES string of the molecule is CC1C=C(c2ccc(C#N)cc2)c2cc(C(=O)O)ccc2O1. The molecule has 22 heavy (non-hydrogen) atoms. The van der Waals surface area contributed by atoms with Crippen LogP contribution < -0.4 is 4.74 Å². The third kappa shape index (κ3) is 2.45. The molecule has 4 heteroatoms. The van der Waals surface area contributed by atoms with Gasteiger partial charge >= 0.3 is 5.97 Å². The van der Waals surface area contributed by atoms with E-state index in [1.165, 1.54) is 6.07 Å². The Hall–Kier alpha value is -3.06. The van der Waals surface area contributed by atoms with Gasteiger partial charge in [-0.25, -0.2) is 4.79 Å². The Morgan fingerprint density at radius 3 is 2.59 bits per heavy atom. The molecular weight excluding hydrogens is 278 g/mol. The summed E-state index contributed by atoms with van der Waals surface area (Å²) in [4.78, 5) is 11.2. The zero-order valence-electron chi connectivity index (χ0n) is 11.9. The van der Waals surface area contributed by atoms with Gasteiger partial charge in [0.25, 0.3) is 0 Å². The van der Waals surface area contributed by atoms with Crippen molar-refractivity contribution >= 4 is 11.5 Å². The second kappa shape index (κ2) is 5.38. The summed E-state index contributed by atoms with van der Waals surface area (Å²) in [5, 5.41) is 18.1. The Morgan fingerprint density at radius 1 is 1.23 bits per heavy atom. The Kier molecular flexibility index (Phi) is 3.40. The van der Waals surface area contributed by atoms with E-state index in [9.17, 15) is 4.79 Å². The number of benzene rings is 2. The molecule has 0 saturated carbocycles. The minimum absolute atomic E-state index is 0.103. The molecule has 2 aromatic carbocycles. The number of ether oxygens (including phenoxy) is 1. The van der Waals surface area contributed by atoms with Gasteiger partial charge in [-0.05, 0) is 54.5 Å². The summed E-state index contributed by atoms with van der Waals surface area (Å²) in [6.07, 6.45) is 1.85. The first-order valence-corrected chi connectivity index (χ1v) is 6.85. The molecule has 0 saturated heterocycles. The number of nitriles is 1. The second-order valence-electron chi connectivity index (χ2n) is 5.11. The first kappa shape index (κ1) is 13.9. The van der Waals surface area contributed by atoms with E-state index in [-0.39, 0.29) is 11.7 Å². The molecule has 3 rings (SSSR count). The number of rotatable bonds is 2. The van der Waals surface area contributed by atoms with Gasteiger partial charge < -0.3 is 9.84 Å². The standard InChI is InChI=1S/C18H13NO3/c1-11-8-15(13-4-2-12(10-19)3-5-13)16-9-14(18(20)21)6-7-17(16)22-11/h2-9,11H,1H3,(H,20,21). The van der Waals surface area contributed by atoms with E-state index in [1.54, 1.807) is 24.3 Å². The summed E-state index contributed by atoms with van der Waals surface area (Å²) in [5.41, 5.74) is 3.41. The van der Waals surface area contributed by atoms with Crippen molar-refractivity contribution in [2.45, 2.75) is 13.0 Å². The number of fused-ring (bicyclic) bond motifs is 1. The van der Waals surface area contributed by atoms with Crippen LogP contribution >= 0.6 is 0 Å². The molecule has 0 bridgehead atoms. The van der Waals surface area contributed by atoms with Gasteiger partial charge in [0.1, 0.15) is 11.9 Å². The molecule has 0 radical (unpaired) electrons. The summed E-state index contributed by atoms with van der Waals surface area (Å²) in [7, 11) is 0. The van der Waals surface area contributed by atoms with Crippen molar-refractivity contribution in [3.8, 4) is 11.8 Å². The molecule has 0 amide bonds. The van der Waals surface area contributed by atoms with Crippen LogP contribution in [0.25, 0.3) is 5.57 Å². The summed E-state index contributed by atoms with van der Waals surface area (Å²) in [6.45, 7) is 1.93. The first-order chi connectivity index (χ1) is 10.6. The van der Waals surface area contributed by atoms with Crippen LogP contribution in [0, 0.1) is 11.3 Å². The van der Waals surface area contributed by atoms with Crippen molar-refractivity contribution in [3.63, 3.8) is 0 Å². The van der Waals surface area contributed by atoms with Gasteiger partial charge in [-0.2, -0.15) is 5.26 Å². The van der Waals surface area contributed by atoms with E-state index in [0.29, 0.717) is 11.3 Å². The molecule has 0 spiro atoms. The van der Waals surface area contributed by atoms with E-state index in [2.05, 4.69) is 6.07 Å².